The minimum atomic E-state index is -1.52. The summed E-state index contributed by atoms with van der Waals surface area (Å²) in [5.74, 6) is -1.00. The molecule has 23 heavy (non-hydrogen) atoms. The van der Waals surface area contributed by atoms with E-state index in [-0.39, 0.29) is 28.5 Å². The molecular weight excluding hydrogens is 344 g/mol. The van der Waals surface area contributed by atoms with Gasteiger partial charge in [-0.05, 0) is 30.2 Å². The number of carboxylic acids is 1. The van der Waals surface area contributed by atoms with Crippen molar-refractivity contribution in [3.63, 3.8) is 0 Å². The third kappa shape index (κ3) is 4.11. The maximum atomic E-state index is 12.2. The van der Waals surface area contributed by atoms with Gasteiger partial charge in [-0.2, -0.15) is 0 Å². The first-order chi connectivity index (χ1) is 10.9. The van der Waals surface area contributed by atoms with Crippen molar-refractivity contribution in [3.05, 3.63) is 62.8 Å². The van der Waals surface area contributed by atoms with Crippen molar-refractivity contribution >= 4 is 34.1 Å². The Bertz CT molecular complexity index is 779. The van der Waals surface area contributed by atoms with Gasteiger partial charge < -0.3 is 5.11 Å². The van der Waals surface area contributed by atoms with Crippen LogP contribution in [0.1, 0.15) is 15.9 Å². The highest BCUT2D eigenvalue weighted by Gasteiger charge is 2.15. The molecule has 9 heteroatoms. The lowest BCUT2D eigenvalue weighted by Gasteiger charge is -2.08. The molecule has 0 aliphatic heterocycles. The standard InChI is InChI=1S/C14H11ClN2O5S/c15-12-3-1-2-11(14(18)19)10(12)6-7-23(22)13-5-4-9(8-16-13)17(20)21/h1-5,8H,6-7H2,(H,18,19). The van der Waals surface area contributed by atoms with Gasteiger partial charge in [0.2, 0.25) is 0 Å². The number of carboxylic acid groups (broad SMARTS) is 1. The lowest BCUT2D eigenvalue weighted by Crippen LogP contribution is -2.09. The number of nitrogens with zero attached hydrogens (tertiary/aromatic N) is 2. The highest BCUT2D eigenvalue weighted by molar-refractivity contribution is 7.84. The van der Waals surface area contributed by atoms with Gasteiger partial charge in [-0.25, -0.2) is 9.78 Å². The fourth-order valence-corrected chi connectivity index (χ4v) is 3.19. The van der Waals surface area contributed by atoms with Crippen LogP contribution in [0, 0.1) is 10.1 Å². The Kier molecular flexibility index (Phi) is 5.41. The molecule has 0 spiro atoms. The van der Waals surface area contributed by atoms with Crippen LogP contribution in [0.4, 0.5) is 5.69 Å². The van der Waals surface area contributed by atoms with Crippen molar-refractivity contribution in [2.75, 3.05) is 5.75 Å². The zero-order valence-electron chi connectivity index (χ0n) is 11.6. The van der Waals surface area contributed by atoms with Crippen LogP contribution in [0.2, 0.25) is 5.02 Å². The van der Waals surface area contributed by atoms with Crippen LogP contribution >= 0.6 is 11.6 Å². The summed E-state index contributed by atoms with van der Waals surface area (Å²) in [6.07, 6.45) is 1.22. The number of halogens is 1. The van der Waals surface area contributed by atoms with Gasteiger partial charge in [0.05, 0.1) is 21.3 Å². The summed E-state index contributed by atoms with van der Waals surface area (Å²) < 4.78 is 12.2. The van der Waals surface area contributed by atoms with Crippen LogP contribution in [0.3, 0.4) is 0 Å². The number of benzene rings is 1. The second kappa shape index (κ2) is 7.30. The van der Waals surface area contributed by atoms with E-state index in [0.29, 0.717) is 10.6 Å². The van der Waals surface area contributed by atoms with Crippen molar-refractivity contribution in [1.82, 2.24) is 4.98 Å². The molecule has 0 bridgehead atoms. The number of rotatable bonds is 6. The number of pyridine rings is 1. The molecule has 0 aliphatic rings. The van der Waals surface area contributed by atoms with Gasteiger partial charge >= 0.3 is 5.97 Å². The number of hydrogen-bond acceptors (Lipinski definition) is 5. The average molecular weight is 355 g/mol. The zero-order chi connectivity index (χ0) is 17.0. The molecule has 2 aromatic rings. The first kappa shape index (κ1) is 17.0. The zero-order valence-corrected chi connectivity index (χ0v) is 13.2. The Morgan fingerprint density at radius 2 is 2.09 bits per heavy atom. The molecule has 1 aromatic carbocycles. The van der Waals surface area contributed by atoms with Crippen LogP contribution in [-0.2, 0) is 17.2 Å². The summed E-state index contributed by atoms with van der Waals surface area (Å²) in [5.41, 5.74) is 0.271. The molecular formula is C14H11ClN2O5S. The summed E-state index contributed by atoms with van der Waals surface area (Å²) >= 11 is 6.01. The normalized spacial score (nSPS) is 11.9. The second-order valence-electron chi connectivity index (χ2n) is 4.48. The first-order valence-corrected chi connectivity index (χ1v) is 8.09. The summed E-state index contributed by atoms with van der Waals surface area (Å²) in [5, 5.41) is 20.2. The summed E-state index contributed by atoms with van der Waals surface area (Å²) in [7, 11) is -1.52. The molecule has 0 aliphatic carbocycles. The fourth-order valence-electron chi connectivity index (χ4n) is 1.93. The Morgan fingerprint density at radius 3 is 2.65 bits per heavy atom. The van der Waals surface area contributed by atoms with Gasteiger partial charge in [0, 0.05) is 16.8 Å². The van der Waals surface area contributed by atoms with Gasteiger partial charge in [0.25, 0.3) is 5.69 Å². The van der Waals surface area contributed by atoms with E-state index >= 15 is 0 Å². The molecule has 1 unspecified atom stereocenters. The number of carbonyl (C=O) groups is 1. The van der Waals surface area contributed by atoms with Crippen molar-refractivity contribution in [2.24, 2.45) is 0 Å². The second-order valence-corrected chi connectivity index (χ2v) is 6.41. The fraction of sp³-hybridized carbons (Fsp3) is 0.143. The van der Waals surface area contributed by atoms with Crippen LogP contribution < -0.4 is 0 Å². The van der Waals surface area contributed by atoms with Crippen molar-refractivity contribution < 1.29 is 19.0 Å². The van der Waals surface area contributed by atoms with E-state index in [9.17, 15) is 19.1 Å². The van der Waals surface area contributed by atoms with E-state index < -0.39 is 21.7 Å². The number of hydrogen-bond donors (Lipinski definition) is 1. The van der Waals surface area contributed by atoms with E-state index in [0.717, 1.165) is 6.20 Å². The Morgan fingerprint density at radius 1 is 1.35 bits per heavy atom. The molecule has 1 heterocycles. The topological polar surface area (TPSA) is 110 Å². The van der Waals surface area contributed by atoms with Crippen LogP contribution in [0.15, 0.2) is 41.6 Å². The van der Waals surface area contributed by atoms with Gasteiger partial charge in [-0.1, -0.05) is 17.7 Å². The monoisotopic (exact) mass is 354 g/mol. The van der Waals surface area contributed by atoms with Crippen molar-refractivity contribution in [2.45, 2.75) is 11.4 Å². The molecule has 0 fully saturated rings. The maximum absolute atomic E-state index is 12.2. The van der Waals surface area contributed by atoms with Gasteiger partial charge in [0.1, 0.15) is 11.2 Å². The Balaban J connectivity index is 2.13. The molecule has 1 atom stereocenters. The number of aromatic nitrogens is 1. The molecule has 120 valence electrons. The molecule has 0 saturated heterocycles. The Labute approximate surface area is 138 Å². The minimum absolute atomic E-state index is 0.0613. The van der Waals surface area contributed by atoms with Crippen molar-refractivity contribution in [1.29, 1.82) is 0 Å². The van der Waals surface area contributed by atoms with Crippen molar-refractivity contribution in [3.8, 4) is 0 Å². The first-order valence-electron chi connectivity index (χ1n) is 6.39. The third-order valence-corrected chi connectivity index (χ3v) is 4.69. The van der Waals surface area contributed by atoms with Crippen LogP contribution in [0.5, 0.6) is 0 Å². The molecule has 1 aromatic heterocycles. The summed E-state index contributed by atoms with van der Waals surface area (Å²) in [6, 6.07) is 7.06. The molecule has 2 rings (SSSR count). The molecule has 0 saturated carbocycles. The SMILES string of the molecule is O=C(O)c1cccc(Cl)c1CCS(=O)c1ccc([N+](=O)[O-])cn1. The van der Waals surface area contributed by atoms with E-state index in [1.165, 1.54) is 24.3 Å². The lowest BCUT2D eigenvalue weighted by molar-refractivity contribution is -0.385. The van der Waals surface area contributed by atoms with Gasteiger partial charge in [-0.3, -0.25) is 14.3 Å². The van der Waals surface area contributed by atoms with E-state index in [2.05, 4.69) is 4.98 Å². The number of nitro groups is 1. The number of aromatic carboxylic acids is 1. The highest BCUT2D eigenvalue weighted by atomic mass is 35.5. The van der Waals surface area contributed by atoms with Crippen LogP contribution in [0.25, 0.3) is 0 Å². The minimum Gasteiger partial charge on any atom is -0.478 e. The van der Waals surface area contributed by atoms with Gasteiger partial charge in [-0.15, -0.1) is 0 Å². The van der Waals surface area contributed by atoms with E-state index in [1.807, 2.05) is 0 Å². The smallest absolute Gasteiger partial charge is 0.336 e. The molecule has 0 amide bonds. The molecule has 7 nitrogen and oxygen atoms in total. The third-order valence-electron chi connectivity index (χ3n) is 3.05. The maximum Gasteiger partial charge on any atom is 0.336 e. The van der Waals surface area contributed by atoms with Gasteiger partial charge in [0.15, 0.2) is 0 Å². The summed E-state index contributed by atoms with van der Waals surface area (Å²) in [4.78, 5) is 24.9. The summed E-state index contributed by atoms with van der Waals surface area (Å²) in [6.45, 7) is 0. The van der Waals surface area contributed by atoms with Crippen LogP contribution in [-0.4, -0.2) is 30.9 Å². The average Bonchev–Trinajstić information content (AvgIpc) is 2.53. The predicted molar refractivity (Wildman–Crippen MR) is 84.3 cm³/mol. The Hall–Kier alpha value is -2.32. The largest absolute Gasteiger partial charge is 0.478 e. The highest BCUT2D eigenvalue weighted by Crippen LogP contribution is 2.22. The quantitative estimate of drug-likeness (QED) is 0.630. The molecule has 0 radical (unpaired) electrons. The predicted octanol–water partition coefficient (Wildman–Crippen LogP) is 2.69. The van der Waals surface area contributed by atoms with E-state index in [4.69, 9.17) is 16.7 Å². The lowest BCUT2D eigenvalue weighted by atomic mass is 10.1. The van der Waals surface area contributed by atoms with E-state index in [1.54, 1.807) is 6.07 Å². The molecule has 1 N–H and O–H groups in total.